The van der Waals surface area contributed by atoms with Crippen LogP contribution < -0.4 is 21.4 Å². The number of halogens is 12. The summed E-state index contributed by atoms with van der Waals surface area (Å²) in [5.41, 5.74) is -8.60. The zero-order valence-corrected chi connectivity index (χ0v) is 32.5. The largest absolute Gasteiger partial charge is 0.354 e. The molecule has 0 atom stereocenters. The Bertz CT molecular complexity index is 3430. The van der Waals surface area contributed by atoms with E-state index in [0.717, 1.165) is 45.0 Å². The normalized spacial score (nSPS) is 12.9. The molecule has 9 rings (SSSR count). The predicted octanol–water partition coefficient (Wildman–Crippen LogP) is 8.90. The smallest absolute Gasteiger partial charge is 0.170 e. The van der Waals surface area contributed by atoms with Gasteiger partial charge in [0.2, 0.25) is 0 Å². The summed E-state index contributed by atoms with van der Waals surface area (Å²) in [5, 5.41) is -0.810. The first-order chi connectivity index (χ1) is 30.0. The van der Waals surface area contributed by atoms with Crippen LogP contribution in [0.4, 0.5) is 52.7 Å². The lowest BCUT2D eigenvalue weighted by atomic mass is 9.98. The molecular weight excluding hydrogens is 849 g/mol. The average Bonchev–Trinajstić information content (AvgIpc) is 4.14. The first kappa shape index (κ1) is 41.0. The second-order valence-electron chi connectivity index (χ2n) is 14.8. The lowest BCUT2D eigenvalue weighted by Gasteiger charge is -2.14. The van der Waals surface area contributed by atoms with Crippen LogP contribution in [0, 0.1) is 90.6 Å². The summed E-state index contributed by atoms with van der Waals surface area (Å²) < 4.78 is 189. The molecule has 4 nitrogen and oxygen atoms in total. The lowest BCUT2D eigenvalue weighted by Crippen LogP contribution is -2.21. The molecule has 4 aromatic heterocycles. The molecule has 318 valence electrons. The van der Waals surface area contributed by atoms with Gasteiger partial charge in [-0.15, -0.1) is 0 Å². The topological polar surface area (TPSA) is 63.2 Å². The zero-order valence-electron chi connectivity index (χ0n) is 32.5. The molecule has 4 N–H and O–H groups in total. The highest BCUT2D eigenvalue weighted by Gasteiger charge is 2.32. The Balaban J connectivity index is 1.52. The molecule has 16 heteroatoms. The van der Waals surface area contributed by atoms with Gasteiger partial charge in [-0.3, -0.25) is 0 Å². The van der Waals surface area contributed by atoms with Gasteiger partial charge in [-0.05, 0) is 74.9 Å². The van der Waals surface area contributed by atoms with Gasteiger partial charge in [0.1, 0.15) is 0 Å². The van der Waals surface area contributed by atoms with Crippen molar-refractivity contribution in [3.8, 4) is 0 Å². The van der Waals surface area contributed by atoms with Gasteiger partial charge in [-0.25, -0.2) is 52.7 Å². The van der Waals surface area contributed by atoms with Crippen LogP contribution in [0.2, 0.25) is 0 Å². The molecule has 5 heterocycles. The third-order valence-corrected chi connectivity index (χ3v) is 11.2. The summed E-state index contributed by atoms with van der Waals surface area (Å²) in [4.78, 5) is 11.5. The quantitative estimate of drug-likeness (QED) is 0.101. The Morgan fingerprint density at radius 3 is 0.810 bits per heavy atom. The molecule has 0 saturated heterocycles. The van der Waals surface area contributed by atoms with Gasteiger partial charge in [0.15, 0.2) is 69.8 Å². The maximum absolute atomic E-state index is 16.1. The van der Waals surface area contributed by atoms with Gasteiger partial charge >= 0.3 is 0 Å². The van der Waals surface area contributed by atoms with E-state index in [1.165, 1.54) is 24.3 Å². The van der Waals surface area contributed by atoms with Crippen LogP contribution in [0.3, 0.4) is 0 Å². The zero-order chi connectivity index (χ0) is 44.9. The molecule has 0 aliphatic carbocycles. The van der Waals surface area contributed by atoms with Crippen LogP contribution in [0.1, 0.15) is 61.7 Å². The number of hydrogen-bond acceptors (Lipinski definition) is 0. The molecule has 1 aliphatic heterocycles. The molecule has 8 bridgehead atoms. The molecule has 8 aromatic rings. The van der Waals surface area contributed by atoms with E-state index in [9.17, 15) is 0 Å². The Hall–Kier alpha value is -7.36. The van der Waals surface area contributed by atoms with Crippen molar-refractivity contribution in [2.45, 2.75) is 20.8 Å². The summed E-state index contributed by atoms with van der Waals surface area (Å²) in [6.07, 6.45) is 0. The maximum Gasteiger partial charge on any atom is 0.170 e. The molecule has 0 spiro atoms. The summed E-state index contributed by atoms with van der Waals surface area (Å²) in [6.45, 7) is 2.41. The van der Waals surface area contributed by atoms with Crippen molar-refractivity contribution >= 4 is 22.3 Å². The van der Waals surface area contributed by atoms with Crippen molar-refractivity contribution in [1.82, 2.24) is 19.9 Å². The van der Waals surface area contributed by atoms with Crippen molar-refractivity contribution in [3.05, 3.63) is 232 Å². The van der Waals surface area contributed by atoms with Gasteiger partial charge in [0.05, 0.1) is 16.7 Å². The molecule has 0 amide bonds. The van der Waals surface area contributed by atoms with E-state index >= 15 is 52.7 Å². The molecule has 0 saturated carbocycles. The molecule has 1 aliphatic rings. The second-order valence-corrected chi connectivity index (χ2v) is 14.8. The number of rotatable bonds is 4. The fraction of sp³-hybridized carbons (Fsp3) is 0.0638. The van der Waals surface area contributed by atoms with E-state index in [1.54, 1.807) is 30.3 Å². The van der Waals surface area contributed by atoms with E-state index in [0.29, 0.717) is 11.1 Å². The molecule has 0 unspecified atom stereocenters. The number of H-pyrrole nitrogens is 4. The summed E-state index contributed by atoms with van der Waals surface area (Å²) in [5.74, 6) is -21.6. The number of aromatic nitrogens is 4. The summed E-state index contributed by atoms with van der Waals surface area (Å²) in [7, 11) is 0. The van der Waals surface area contributed by atoms with Crippen LogP contribution in [0.15, 0.2) is 78.9 Å². The van der Waals surface area contributed by atoms with Crippen LogP contribution >= 0.6 is 0 Å². The molecular formula is C47H26F12N4. The Morgan fingerprint density at radius 2 is 0.524 bits per heavy atom. The van der Waals surface area contributed by atoms with E-state index in [4.69, 9.17) is 0 Å². The number of benzene rings is 4. The van der Waals surface area contributed by atoms with E-state index in [1.807, 2.05) is 0 Å². The Kier molecular flexibility index (Phi) is 9.72. The van der Waals surface area contributed by atoms with Crippen LogP contribution in [0.25, 0.3) is 22.3 Å². The van der Waals surface area contributed by atoms with Crippen LogP contribution in [-0.4, -0.2) is 19.9 Å². The van der Waals surface area contributed by atoms with Crippen LogP contribution in [0.5, 0.6) is 0 Å². The Labute approximate surface area is 346 Å². The van der Waals surface area contributed by atoms with Gasteiger partial charge in [-0.1, -0.05) is 30.3 Å². The van der Waals surface area contributed by atoms with Crippen molar-refractivity contribution < 1.29 is 52.7 Å². The standard InChI is InChI=1S/C47H26F12N4/c1-17-36(48)42(54)33(43(55)37(17)49)30-23-11-9-21(60-23)29(20-7-5-4-6-8-20)22-10-12-24(61-22)31(34-44(56)38(50)18(2)39(51)45(34)57)26-14-16-28(63-26)32(27-15-13-25(30)62-27)35-46(58)40(52)19(3)41(53)47(35)59/h4-16,60-63H,1-3H3. The SMILES string of the molecule is Cc1c(F)c(F)c(C2=c3ccc([nH]3)=C(c3ccccc3)c3ccc([nH]3)C(c3c(F)c(F)c(C)c(F)c3F)=c3ccc([nH]3)=C(c3c(F)c(F)c(C)c(F)c3F)c3ccc2[nH]3)c(F)c1F. The van der Waals surface area contributed by atoms with Crippen molar-refractivity contribution in [3.63, 3.8) is 0 Å². The molecule has 63 heavy (non-hydrogen) atoms. The fourth-order valence-electron chi connectivity index (χ4n) is 7.93. The number of nitrogens with one attached hydrogen (secondary N) is 4. The second kappa shape index (κ2) is 14.9. The highest BCUT2D eigenvalue weighted by molar-refractivity contribution is 5.85. The van der Waals surface area contributed by atoms with E-state index < -0.39 is 131 Å². The highest BCUT2D eigenvalue weighted by atomic mass is 19.2. The van der Waals surface area contributed by atoms with Crippen LogP contribution in [-0.2, 0) is 0 Å². The first-order valence-electron chi connectivity index (χ1n) is 18.8. The predicted molar refractivity (Wildman–Crippen MR) is 208 cm³/mol. The third-order valence-electron chi connectivity index (χ3n) is 11.2. The third kappa shape index (κ3) is 6.17. The average molecular weight is 875 g/mol. The van der Waals surface area contributed by atoms with E-state index in [-0.39, 0.29) is 33.1 Å². The fourth-order valence-corrected chi connectivity index (χ4v) is 7.93. The monoisotopic (exact) mass is 874 g/mol. The van der Waals surface area contributed by atoms with Gasteiger partial charge in [0.25, 0.3) is 0 Å². The minimum atomic E-state index is -1.91. The lowest BCUT2D eigenvalue weighted by molar-refractivity contribution is 0.441. The van der Waals surface area contributed by atoms with Gasteiger partial charge < -0.3 is 19.9 Å². The minimum Gasteiger partial charge on any atom is -0.354 e. The van der Waals surface area contributed by atoms with E-state index in [2.05, 4.69) is 19.9 Å². The molecule has 0 radical (unpaired) electrons. The number of fused-ring (bicyclic) bond motifs is 8. The van der Waals surface area contributed by atoms with Crippen molar-refractivity contribution in [1.29, 1.82) is 0 Å². The van der Waals surface area contributed by atoms with Crippen molar-refractivity contribution in [2.75, 3.05) is 0 Å². The molecule has 4 aromatic carbocycles. The molecule has 0 fully saturated rings. The maximum atomic E-state index is 16.1. The first-order valence-corrected chi connectivity index (χ1v) is 18.8. The van der Waals surface area contributed by atoms with Gasteiger partial charge in [0, 0.05) is 83.2 Å². The Morgan fingerprint density at radius 1 is 0.270 bits per heavy atom. The van der Waals surface area contributed by atoms with Gasteiger partial charge in [-0.2, -0.15) is 0 Å². The highest BCUT2D eigenvalue weighted by Crippen LogP contribution is 2.36. The van der Waals surface area contributed by atoms with Crippen molar-refractivity contribution in [2.24, 2.45) is 0 Å². The number of hydrogen-bond donors (Lipinski definition) is 4. The number of aromatic amines is 4. The summed E-state index contributed by atoms with van der Waals surface area (Å²) >= 11 is 0. The summed E-state index contributed by atoms with van der Waals surface area (Å²) in [6, 6.07) is 18.2. The minimum absolute atomic E-state index is 0.172.